The SMILES string of the molecule is [C-]#[N+]CCc1ccc(F)c(F)c1N(C)C. The molecule has 0 aliphatic carbocycles. The maximum absolute atomic E-state index is 13.4. The van der Waals surface area contributed by atoms with Crippen LogP contribution in [0.25, 0.3) is 4.85 Å². The standard InChI is InChI=1S/C11H12F2N2/c1-14-7-6-8-4-5-9(12)10(13)11(8)15(2)3/h4-5H,6-7H2,2-3H3. The maximum atomic E-state index is 13.4. The van der Waals surface area contributed by atoms with E-state index in [9.17, 15) is 8.78 Å². The summed E-state index contributed by atoms with van der Waals surface area (Å²) in [4.78, 5) is 4.72. The Balaban J connectivity index is 3.16. The number of benzene rings is 1. The van der Waals surface area contributed by atoms with Crippen molar-refractivity contribution >= 4 is 5.69 Å². The van der Waals surface area contributed by atoms with Crippen LogP contribution in [0.2, 0.25) is 0 Å². The summed E-state index contributed by atoms with van der Waals surface area (Å²) in [5, 5.41) is 0. The van der Waals surface area contributed by atoms with Gasteiger partial charge in [-0.1, -0.05) is 6.07 Å². The zero-order valence-electron chi connectivity index (χ0n) is 8.72. The van der Waals surface area contributed by atoms with E-state index in [1.54, 1.807) is 14.1 Å². The Morgan fingerprint density at radius 1 is 1.33 bits per heavy atom. The largest absolute Gasteiger partial charge is 0.375 e. The van der Waals surface area contributed by atoms with Crippen molar-refractivity contribution in [1.29, 1.82) is 0 Å². The molecule has 80 valence electrons. The van der Waals surface area contributed by atoms with Crippen LogP contribution in [0.4, 0.5) is 14.5 Å². The van der Waals surface area contributed by atoms with Gasteiger partial charge in [-0.25, -0.2) is 15.4 Å². The molecule has 15 heavy (non-hydrogen) atoms. The third-order valence-corrected chi connectivity index (χ3v) is 2.09. The van der Waals surface area contributed by atoms with Crippen molar-refractivity contribution in [3.8, 4) is 0 Å². The van der Waals surface area contributed by atoms with Crippen molar-refractivity contribution in [2.24, 2.45) is 0 Å². The van der Waals surface area contributed by atoms with Crippen LogP contribution in [0, 0.1) is 18.2 Å². The molecule has 0 aliphatic rings. The molecule has 0 saturated heterocycles. The van der Waals surface area contributed by atoms with Gasteiger partial charge in [-0.3, -0.25) is 0 Å². The highest BCUT2D eigenvalue weighted by atomic mass is 19.2. The number of hydrogen-bond donors (Lipinski definition) is 0. The van der Waals surface area contributed by atoms with Gasteiger partial charge in [-0.2, -0.15) is 0 Å². The Kier molecular flexibility index (Phi) is 3.62. The highest BCUT2D eigenvalue weighted by molar-refractivity contribution is 5.54. The van der Waals surface area contributed by atoms with E-state index in [4.69, 9.17) is 6.57 Å². The first-order valence-electron chi connectivity index (χ1n) is 4.55. The van der Waals surface area contributed by atoms with E-state index in [-0.39, 0.29) is 12.2 Å². The third-order valence-electron chi connectivity index (χ3n) is 2.09. The lowest BCUT2D eigenvalue weighted by Gasteiger charge is -2.17. The fourth-order valence-corrected chi connectivity index (χ4v) is 1.44. The van der Waals surface area contributed by atoms with Crippen LogP contribution in [-0.2, 0) is 6.42 Å². The first kappa shape index (κ1) is 11.4. The molecule has 0 aliphatic heterocycles. The fraction of sp³-hybridized carbons (Fsp3) is 0.364. The molecule has 0 saturated carbocycles. The second kappa shape index (κ2) is 4.74. The van der Waals surface area contributed by atoms with E-state index < -0.39 is 11.6 Å². The molecule has 0 radical (unpaired) electrons. The first-order valence-corrected chi connectivity index (χ1v) is 4.55. The number of rotatable bonds is 3. The number of hydrogen-bond acceptors (Lipinski definition) is 1. The average molecular weight is 210 g/mol. The molecule has 1 aromatic rings. The molecular weight excluding hydrogens is 198 g/mol. The first-order chi connectivity index (χ1) is 7.07. The highest BCUT2D eigenvalue weighted by Crippen LogP contribution is 2.25. The second-order valence-corrected chi connectivity index (χ2v) is 3.40. The summed E-state index contributed by atoms with van der Waals surface area (Å²) in [6.07, 6.45) is 0.439. The molecule has 0 amide bonds. The van der Waals surface area contributed by atoms with E-state index >= 15 is 0 Å². The van der Waals surface area contributed by atoms with E-state index in [1.165, 1.54) is 11.0 Å². The van der Waals surface area contributed by atoms with Crippen molar-refractivity contribution in [2.75, 3.05) is 25.5 Å². The van der Waals surface area contributed by atoms with Gasteiger partial charge < -0.3 is 9.74 Å². The number of nitrogens with zero attached hydrogens (tertiary/aromatic N) is 2. The van der Waals surface area contributed by atoms with Crippen LogP contribution in [0.15, 0.2) is 12.1 Å². The lowest BCUT2D eigenvalue weighted by atomic mass is 10.1. The predicted octanol–water partition coefficient (Wildman–Crippen LogP) is 2.49. The van der Waals surface area contributed by atoms with E-state index in [0.29, 0.717) is 12.0 Å². The average Bonchev–Trinajstić information content (AvgIpc) is 2.19. The van der Waals surface area contributed by atoms with Gasteiger partial charge in [0.15, 0.2) is 11.6 Å². The summed E-state index contributed by atoms with van der Waals surface area (Å²) in [5.74, 6) is -1.70. The molecule has 0 heterocycles. The normalized spacial score (nSPS) is 9.80. The highest BCUT2D eigenvalue weighted by Gasteiger charge is 2.15. The van der Waals surface area contributed by atoms with Crippen LogP contribution in [0.5, 0.6) is 0 Å². The van der Waals surface area contributed by atoms with Crippen molar-refractivity contribution < 1.29 is 8.78 Å². The number of anilines is 1. The molecule has 0 spiro atoms. The molecule has 0 bridgehead atoms. The molecule has 1 aromatic carbocycles. The van der Waals surface area contributed by atoms with Gasteiger partial charge in [0.25, 0.3) is 0 Å². The molecule has 0 unspecified atom stereocenters. The molecule has 0 N–H and O–H groups in total. The number of halogens is 2. The Hall–Kier alpha value is -1.63. The molecular formula is C11H12F2N2. The summed E-state index contributed by atoms with van der Waals surface area (Å²) in [6.45, 7) is 6.95. The second-order valence-electron chi connectivity index (χ2n) is 3.40. The lowest BCUT2D eigenvalue weighted by Crippen LogP contribution is -2.14. The van der Waals surface area contributed by atoms with E-state index in [1.807, 2.05) is 0 Å². The molecule has 4 heteroatoms. The molecule has 0 fully saturated rings. The van der Waals surface area contributed by atoms with E-state index in [2.05, 4.69) is 4.85 Å². The van der Waals surface area contributed by atoms with Gasteiger partial charge in [0.2, 0.25) is 6.54 Å². The molecule has 2 nitrogen and oxygen atoms in total. The minimum atomic E-state index is -0.856. The van der Waals surface area contributed by atoms with Crippen molar-refractivity contribution in [2.45, 2.75) is 6.42 Å². The van der Waals surface area contributed by atoms with Crippen LogP contribution in [0.1, 0.15) is 5.56 Å². The van der Waals surface area contributed by atoms with Gasteiger partial charge in [0.05, 0.1) is 5.69 Å². The molecule has 1 rings (SSSR count). The summed E-state index contributed by atoms with van der Waals surface area (Å²) >= 11 is 0. The van der Waals surface area contributed by atoms with E-state index in [0.717, 1.165) is 6.07 Å². The smallest absolute Gasteiger partial charge is 0.218 e. The van der Waals surface area contributed by atoms with Crippen LogP contribution >= 0.6 is 0 Å². The minimum Gasteiger partial charge on any atom is -0.375 e. The van der Waals surface area contributed by atoms with Crippen molar-refractivity contribution in [3.05, 3.63) is 40.7 Å². The summed E-state index contributed by atoms with van der Waals surface area (Å²) in [6, 6.07) is 2.63. The maximum Gasteiger partial charge on any atom is 0.218 e. The molecule has 0 atom stereocenters. The fourth-order valence-electron chi connectivity index (χ4n) is 1.44. The van der Waals surface area contributed by atoms with Crippen LogP contribution in [-0.4, -0.2) is 20.6 Å². The summed E-state index contributed by atoms with van der Waals surface area (Å²) in [5.41, 5.74) is 0.897. The van der Waals surface area contributed by atoms with Crippen molar-refractivity contribution in [1.82, 2.24) is 0 Å². The van der Waals surface area contributed by atoms with Crippen molar-refractivity contribution in [3.63, 3.8) is 0 Å². The Morgan fingerprint density at radius 3 is 2.53 bits per heavy atom. The van der Waals surface area contributed by atoms with Gasteiger partial charge in [0.1, 0.15) is 0 Å². The minimum absolute atomic E-state index is 0.235. The zero-order chi connectivity index (χ0) is 11.4. The van der Waals surface area contributed by atoms with Gasteiger partial charge in [-0.05, 0) is 11.6 Å². The Morgan fingerprint density at radius 2 is 2.00 bits per heavy atom. The monoisotopic (exact) mass is 210 g/mol. The third kappa shape index (κ3) is 2.44. The summed E-state index contributed by atoms with van der Waals surface area (Å²) in [7, 11) is 3.30. The lowest BCUT2D eigenvalue weighted by molar-refractivity contribution is 0.507. The van der Waals surface area contributed by atoms with Crippen LogP contribution < -0.4 is 4.90 Å². The van der Waals surface area contributed by atoms with Gasteiger partial charge >= 0.3 is 0 Å². The quantitative estimate of drug-likeness (QED) is 0.695. The van der Waals surface area contributed by atoms with Gasteiger partial charge in [0, 0.05) is 20.5 Å². The summed E-state index contributed by atoms with van der Waals surface area (Å²) < 4.78 is 26.4. The Labute approximate surface area is 87.9 Å². The zero-order valence-corrected chi connectivity index (χ0v) is 8.72. The predicted molar refractivity (Wildman–Crippen MR) is 55.9 cm³/mol. The topological polar surface area (TPSA) is 7.60 Å². The van der Waals surface area contributed by atoms with Gasteiger partial charge in [-0.15, -0.1) is 0 Å². The molecule has 0 aromatic heterocycles. The Bertz CT molecular complexity index is 394. The van der Waals surface area contributed by atoms with Crippen LogP contribution in [0.3, 0.4) is 0 Å².